The Hall–Kier alpha value is -3.41. The Kier molecular flexibility index (Phi) is 44.5. The van der Waals surface area contributed by atoms with Gasteiger partial charge in [-0.2, -0.15) is 0 Å². The van der Waals surface area contributed by atoms with Crippen LogP contribution >= 0.6 is 0 Å². The third-order valence-electron chi connectivity index (χ3n) is 9.86. The van der Waals surface area contributed by atoms with Gasteiger partial charge in [0, 0.05) is 19.3 Å². The summed E-state index contributed by atoms with van der Waals surface area (Å²) in [5, 5.41) is 0. The molecule has 0 fully saturated rings. The van der Waals surface area contributed by atoms with Crippen molar-refractivity contribution >= 4 is 17.9 Å². The van der Waals surface area contributed by atoms with E-state index < -0.39 is 12.1 Å². The quantitative estimate of drug-likeness (QED) is 0.0264. The number of unbranched alkanes of at least 4 members (excludes halogenated alkanes) is 17. The third-order valence-corrected chi connectivity index (χ3v) is 9.86. The molecule has 0 aromatic rings. The Morgan fingerprint density at radius 2 is 0.661 bits per heavy atom. The fraction of sp³-hybridized carbons (Fsp3) is 0.679. The number of carbonyl (C=O) groups is 3. The van der Waals surface area contributed by atoms with E-state index in [4.69, 9.17) is 14.2 Å². The van der Waals surface area contributed by atoms with Crippen LogP contribution in [0.1, 0.15) is 213 Å². The molecule has 0 saturated carbocycles. The topological polar surface area (TPSA) is 78.9 Å². The lowest BCUT2D eigenvalue weighted by Crippen LogP contribution is -2.30. The first-order chi connectivity index (χ1) is 29.0. The molecular formula is C53H88O6. The smallest absolute Gasteiger partial charge is 0.306 e. The zero-order valence-corrected chi connectivity index (χ0v) is 38.2. The van der Waals surface area contributed by atoms with Gasteiger partial charge >= 0.3 is 17.9 Å². The van der Waals surface area contributed by atoms with Crippen molar-refractivity contribution in [3.8, 4) is 0 Å². The van der Waals surface area contributed by atoms with Crippen molar-refractivity contribution in [2.45, 2.75) is 219 Å². The van der Waals surface area contributed by atoms with E-state index in [2.05, 4.69) is 93.7 Å². The predicted octanol–water partition coefficient (Wildman–Crippen LogP) is 15.6. The summed E-state index contributed by atoms with van der Waals surface area (Å²) in [6.07, 6.45) is 60.0. The van der Waals surface area contributed by atoms with E-state index in [1.54, 1.807) is 0 Å². The van der Waals surface area contributed by atoms with Crippen molar-refractivity contribution in [1.82, 2.24) is 0 Å². The average molecular weight is 821 g/mol. The molecule has 0 aromatic carbocycles. The minimum absolute atomic E-state index is 0.114. The summed E-state index contributed by atoms with van der Waals surface area (Å²) in [5.74, 6) is -1.02. The summed E-state index contributed by atoms with van der Waals surface area (Å²) in [4.78, 5) is 37.7. The van der Waals surface area contributed by atoms with Crippen LogP contribution in [0.25, 0.3) is 0 Å². The Labute approximate surface area is 363 Å². The molecule has 0 spiro atoms. The number of hydrogen-bond donors (Lipinski definition) is 0. The van der Waals surface area contributed by atoms with Crippen LogP contribution in [0, 0.1) is 0 Å². The second-order valence-electron chi connectivity index (χ2n) is 15.7. The highest BCUT2D eigenvalue weighted by Crippen LogP contribution is 2.12. The molecule has 0 saturated heterocycles. The number of ether oxygens (including phenoxy) is 3. The maximum absolute atomic E-state index is 12.7. The molecule has 0 amide bonds. The van der Waals surface area contributed by atoms with E-state index in [9.17, 15) is 14.4 Å². The molecule has 0 aliphatic rings. The van der Waals surface area contributed by atoms with Gasteiger partial charge in [0.15, 0.2) is 6.10 Å². The summed E-state index contributed by atoms with van der Waals surface area (Å²) in [7, 11) is 0. The van der Waals surface area contributed by atoms with E-state index in [-0.39, 0.29) is 31.6 Å². The summed E-state index contributed by atoms with van der Waals surface area (Å²) in [6.45, 7) is 6.43. The Bertz CT molecular complexity index is 1120. The predicted molar refractivity (Wildman–Crippen MR) is 251 cm³/mol. The van der Waals surface area contributed by atoms with Crippen LogP contribution in [0.4, 0.5) is 0 Å². The largest absolute Gasteiger partial charge is 0.462 e. The molecule has 0 atom stereocenters. The van der Waals surface area contributed by atoms with Gasteiger partial charge in [0.1, 0.15) is 13.2 Å². The van der Waals surface area contributed by atoms with Gasteiger partial charge in [0.25, 0.3) is 0 Å². The highest BCUT2D eigenvalue weighted by molar-refractivity contribution is 5.71. The molecule has 59 heavy (non-hydrogen) atoms. The van der Waals surface area contributed by atoms with E-state index in [0.29, 0.717) is 19.3 Å². The van der Waals surface area contributed by atoms with Crippen LogP contribution in [0.15, 0.2) is 85.1 Å². The van der Waals surface area contributed by atoms with Crippen molar-refractivity contribution < 1.29 is 28.6 Å². The fourth-order valence-corrected chi connectivity index (χ4v) is 6.15. The number of rotatable bonds is 42. The molecule has 0 rings (SSSR count). The van der Waals surface area contributed by atoms with Gasteiger partial charge < -0.3 is 14.2 Å². The summed E-state index contributed by atoms with van der Waals surface area (Å²) < 4.78 is 16.6. The van der Waals surface area contributed by atoms with Crippen molar-refractivity contribution in [3.63, 3.8) is 0 Å². The van der Waals surface area contributed by atoms with Crippen molar-refractivity contribution in [2.75, 3.05) is 13.2 Å². The molecule has 0 aliphatic heterocycles. The van der Waals surface area contributed by atoms with Crippen molar-refractivity contribution in [2.24, 2.45) is 0 Å². The van der Waals surface area contributed by atoms with Gasteiger partial charge in [-0.25, -0.2) is 0 Å². The Morgan fingerprint density at radius 1 is 0.339 bits per heavy atom. The maximum atomic E-state index is 12.7. The normalized spacial score (nSPS) is 12.3. The third kappa shape index (κ3) is 45.5. The minimum atomic E-state index is -0.821. The molecule has 0 aliphatic carbocycles. The summed E-state index contributed by atoms with van der Waals surface area (Å²) in [5.41, 5.74) is 0. The summed E-state index contributed by atoms with van der Waals surface area (Å²) >= 11 is 0. The van der Waals surface area contributed by atoms with Crippen LogP contribution in [-0.4, -0.2) is 37.2 Å². The second kappa shape index (κ2) is 47.3. The second-order valence-corrected chi connectivity index (χ2v) is 15.7. The Morgan fingerprint density at radius 3 is 1.08 bits per heavy atom. The van der Waals surface area contributed by atoms with Crippen LogP contribution in [0.3, 0.4) is 0 Å². The lowest BCUT2D eigenvalue weighted by molar-refractivity contribution is -0.166. The average Bonchev–Trinajstić information content (AvgIpc) is 3.23. The zero-order valence-electron chi connectivity index (χ0n) is 38.2. The zero-order chi connectivity index (χ0) is 43.0. The minimum Gasteiger partial charge on any atom is -0.462 e. The van der Waals surface area contributed by atoms with E-state index in [0.717, 1.165) is 89.9 Å². The lowest BCUT2D eigenvalue weighted by Gasteiger charge is -2.18. The number of allylic oxidation sites excluding steroid dienone is 14. The molecule has 0 bridgehead atoms. The first-order valence-corrected chi connectivity index (χ1v) is 24.1. The van der Waals surface area contributed by atoms with Crippen LogP contribution in [-0.2, 0) is 28.6 Å². The standard InChI is InChI=1S/C53H88O6/c1-4-7-10-13-16-19-22-23-24-25-26-27-28-29-32-35-38-41-44-47-53(56)59-50(48-57-51(54)45-42-39-36-33-30-20-17-14-11-8-5-2)49-58-52(55)46-43-40-37-34-31-21-18-15-12-9-6-3/h14-19,23-24,26-27,29,32,38,41,50H,4-13,20-22,25,28,30-31,33-37,39-40,42-49H2,1-3H3/b17-14-,18-15-,19-16-,24-23-,27-26-,32-29-,41-38-. The molecule has 6 nitrogen and oxygen atoms in total. The van der Waals surface area contributed by atoms with Crippen LogP contribution in [0.2, 0.25) is 0 Å². The maximum Gasteiger partial charge on any atom is 0.306 e. The van der Waals surface area contributed by atoms with Crippen LogP contribution < -0.4 is 0 Å². The van der Waals surface area contributed by atoms with E-state index in [1.165, 1.54) is 77.0 Å². The van der Waals surface area contributed by atoms with Gasteiger partial charge in [-0.1, -0.05) is 183 Å². The first-order valence-electron chi connectivity index (χ1n) is 24.1. The van der Waals surface area contributed by atoms with Crippen molar-refractivity contribution in [3.05, 3.63) is 85.1 Å². The van der Waals surface area contributed by atoms with Crippen molar-refractivity contribution in [1.29, 1.82) is 0 Å². The molecule has 0 aromatic heterocycles. The van der Waals surface area contributed by atoms with Gasteiger partial charge in [-0.15, -0.1) is 0 Å². The Balaban J connectivity index is 4.52. The van der Waals surface area contributed by atoms with E-state index in [1.807, 2.05) is 12.2 Å². The van der Waals surface area contributed by atoms with Gasteiger partial charge in [0.2, 0.25) is 0 Å². The highest BCUT2D eigenvalue weighted by atomic mass is 16.6. The number of esters is 3. The molecule has 0 N–H and O–H groups in total. The highest BCUT2D eigenvalue weighted by Gasteiger charge is 2.19. The number of hydrogen-bond acceptors (Lipinski definition) is 6. The lowest BCUT2D eigenvalue weighted by atomic mass is 10.1. The molecule has 0 heterocycles. The fourth-order valence-electron chi connectivity index (χ4n) is 6.15. The number of carbonyl (C=O) groups excluding carboxylic acids is 3. The molecule has 0 unspecified atom stereocenters. The monoisotopic (exact) mass is 821 g/mol. The van der Waals surface area contributed by atoms with E-state index >= 15 is 0 Å². The molecular weight excluding hydrogens is 733 g/mol. The molecule has 0 radical (unpaired) electrons. The first kappa shape index (κ1) is 55.6. The molecule has 6 heteroatoms. The van der Waals surface area contributed by atoms with Gasteiger partial charge in [-0.3, -0.25) is 14.4 Å². The van der Waals surface area contributed by atoms with Crippen LogP contribution in [0.5, 0.6) is 0 Å². The van der Waals surface area contributed by atoms with Gasteiger partial charge in [0.05, 0.1) is 0 Å². The SMILES string of the molecule is CCCC/C=C\CCCCCCCC(=O)OCC(COC(=O)CCCCCCC/C=C\CCCC)OC(=O)CC/C=C\C/C=C\C/C=C\C/C=C\C/C=C\CCCCC. The van der Waals surface area contributed by atoms with Gasteiger partial charge in [-0.05, 0) is 96.3 Å². The molecule has 336 valence electrons. The summed E-state index contributed by atoms with van der Waals surface area (Å²) in [6, 6.07) is 0.